The normalized spacial score (nSPS) is 13.1. The molecule has 0 aromatic heterocycles. The molecule has 0 fully saturated rings. The smallest absolute Gasteiger partial charge is 0.221 e. The lowest BCUT2D eigenvalue weighted by Gasteiger charge is -2.27. The zero-order chi connectivity index (χ0) is 13.6. The van der Waals surface area contributed by atoms with Gasteiger partial charge in [0.05, 0.1) is 6.04 Å². The van der Waals surface area contributed by atoms with Crippen molar-refractivity contribution in [3.8, 4) is 0 Å². The third kappa shape index (κ3) is 5.54. The largest absolute Gasteiger partial charge is 0.349 e. The van der Waals surface area contributed by atoms with Gasteiger partial charge in [-0.1, -0.05) is 51.1 Å². The highest BCUT2D eigenvalue weighted by molar-refractivity contribution is 6.18. The Bertz CT molecular complexity index is 370. The number of hydrogen-bond donors (Lipinski definition) is 1. The topological polar surface area (TPSA) is 29.1 Å². The average Bonchev–Trinajstić information content (AvgIpc) is 2.28. The molecule has 1 N–H and O–H groups in total. The van der Waals surface area contributed by atoms with E-state index in [4.69, 9.17) is 11.6 Å². The van der Waals surface area contributed by atoms with Crippen LogP contribution in [-0.2, 0) is 4.79 Å². The first-order valence-electron chi connectivity index (χ1n) is 6.32. The molecule has 0 aliphatic heterocycles. The quantitative estimate of drug-likeness (QED) is 0.806. The van der Waals surface area contributed by atoms with E-state index in [1.807, 2.05) is 18.2 Å². The number of rotatable bonds is 5. The fourth-order valence-corrected chi connectivity index (χ4v) is 2.07. The van der Waals surface area contributed by atoms with Crippen LogP contribution in [0.3, 0.4) is 0 Å². The molecule has 0 aliphatic rings. The molecule has 0 heterocycles. The van der Waals surface area contributed by atoms with Crippen LogP contribution >= 0.6 is 11.6 Å². The monoisotopic (exact) mass is 267 g/mol. The highest BCUT2D eigenvalue weighted by Gasteiger charge is 2.21. The molecular formula is C15H22ClNO. The molecule has 1 unspecified atom stereocenters. The Labute approximate surface area is 115 Å². The van der Waals surface area contributed by atoms with Crippen molar-refractivity contribution in [1.82, 2.24) is 5.32 Å². The maximum absolute atomic E-state index is 11.7. The van der Waals surface area contributed by atoms with Gasteiger partial charge < -0.3 is 5.32 Å². The first-order chi connectivity index (χ1) is 8.42. The van der Waals surface area contributed by atoms with Crippen LogP contribution < -0.4 is 5.32 Å². The first-order valence-corrected chi connectivity index (χ1v) is 6.86. The van der Waals surface area contributed by atoms with E-state index in [0.29, 0.717) is 12.3 Å². The molecule has 18 heavy (non-hydrogen) atoms. The second kappa shape index (κ2) is 6.79. The zero-order valence-electron chi connectivity index (χ0n) is 11.4. The average molecular weight is 268 g/mol. The van der Waals surface area contributed by atoms with Gasteiger partial charge in [0.25, 0.3) is 0 Å². The van der Waals surface area contributed by atoms with Crippen molar-refractivity contribution in [2.24, 2.45) is 5.41 Å². The minimum Gasteiger partial charge on any atom is -0.349 e. The Kier molecular flexibility index (Phi) is 5.67. The van der Waals surface area contributed by atoms with Crippen LogP contribution in [0.25, 0.3) is 0 Å². The summed E-state index contributed by atoms with van der Waals surface area (Å²) in [6, 6.07) is 10.1. The Morgan fingerprint density at radius 2 is 1.89 bits per heavy atom. The van der Waals surface area contributed by atoms with Crippen LogP contribution in [0.4, 0.5) is 0 Å². The number of halogens is 1. The lowest BCUT2D eigenvalue weighted by Crippen LogP contribution is -2.31. The zero-order valence-corrected chi connectivity index (χ0v) is 12.1. The van der Waals surface area contributed by atoms with E-state index in [-0.39, 0.29) is 17.4 Å². The molecule has 1 amide bonds. The number of alkyl halides is 1. The number of benzene rings is 1. The van der Waals surface area contributed by atoms with E-state index in [1.54, 1.807) is 0 Å². The summed E-state index contributed by atoms with van der Waals surface area (Å²) in [5, 5.41) is 3.07. The van der Waals surface area contributed by atoms with Crippen molar-refractivity contribution in [3.05, 3.63) is 35.9 Å². The van der Waals surface area contributed by atoms with Crippen molar-refractivity contribution < 1.29 is 4.79 Å². The summed E-state index contributed by atoms with van der Waals surface area (Å²) in [4.78, 5) is 11.7. The van der Waals surface area contributed by atoms with E-state index < -0.39 is 0 Å². The van der Waals surface area contributed by atoms with Gasteiger partial charge >= 0.3 is 0 Å². The van der Waals surface area contributed by atoms with Crippen molar-refractivity contribution in [3.63, 3.8) is 0 Å². The molecular weight excluding hydrogens is 246 g/mol. The first kappa shape index (κ1) is 15.0. The number of amides is 1. The van der Waals surface area contributed by atoms with Crippen LogP contribution in [0.2, 0.25) is 0 Å². The molecule has 2 nitrogen and oxygen atoms in total. The molecule has 3 heteroatoms. The Balaban J connectivity index is 2.79. The molecule has 0 bridgehead atoms. The predicted molar refractivity (Wildman–Crippen MR) is 76.7 cm³/mol. The van der Waals surface area contributed by atoms with Gasteiger partial charge in [0, 0.05) is 12.3 Å². The summed E-state index contributed by atoms with van der Waals surface area (Å²) in [6.07, 6.45) is 1.28. The number of nitrogens with one attached hydrogen (secondary N) is 1. The van der Waals surface area contributed by atoms with Gasteiger partial charge in [0.1, 0.15) is 0 Å². The van der Waals surface area contributed by atoms with Crippen LogP contribution in [-0.4, -0.2) is 11.8 Å². The minimum atomic E-state index is 0.0168. The summed E-state index contributed by atoms with van der Waals surface area (Å²) in [5.41, 5.74) is 1.31. The number of hydrogen-bond acceptors (Lipinski definition) is 1. The molecule has 0 saturated heterocycles. The highest BCUT2D eigenvalue weighted by atomic mass is 35.5. The van der Waals surface area contributed by atoms with Crippen molar-refractivity contribution >= 4 is 17.5 Å². The van der Waals surface area contributed by atoms with E-state index in [0.717, 1.165) is 12.0 Å². The van der Waals surface area contributed by atoms with Gasteiger partial charge in [0.15, 0.2) is 0 Å². The Hall–Kier alpha value is -1.02. The lowest BCUT2D eigenvalue weighted by atomic mass is 9.85. The lowest BCUT2D eigenvalue weighted by molar-refractivity contribution is -0.121. The molecule has 0 saturated carbocycles. The van der Waals surface area contributed by atoms with E-state index in [2.05, 4.69) is 38.2 Å². The van der Waals surface area contributed by atoms with E-state index in [9.17, 15) is 4.79 Å². The van der Waals surface area contributed by atoms with Gasteiger partial charge in [-0.3, -0.25) is 4.79 Å². The van der Waals surface area contributed by atoms with Crippen LogP contribution in [0.5, 0.6) is 0 Å². The fourth-order valence-electron chi connectivity index (χ4n) is 1.90. The summed E-state index contributed by atoms with van der Waals surface area (Å²) in [7, 11) is 0. The third-order valence-corrected chi connectivity index (χ3v) is 2.86. The molecule has 1 aromatic carbocycles. The van der Waals surface area contributed by atoms with Gasteiger partial charge in [-0.25, -0.2) is 0 Å². The fraction of sp³-hybridized carbons (Fsp3) is 0.533. The molecule has 1 rings (SSSR count). The third-order valence-electron chi connectivity index (χ3n) is 2.68. The number of carbonyl (C=O) groups excluding carboxylic acids is 1. The SMILES string of the molecule is CC(C)(C)CC(NC(=O)CCCl)c1ccccc1. The predicted octanol–water partition coefficient (Wildman–Crippen LogP) is 3.91. The molecule has 1 atom stereocenters. The number of carbonyl (C=O) groups is 1. The molecule has 0 spiro atoms. The summed E-state index contributed by atoms with van der Waals surface area (Å²) >= 11 is 5.60. The second-order valence-electron chi connectivity index (χ2n) is 5.73. The summed E-state index contributed by atoms with van der Waals surface area (Å²) in [6.45, 7) is 6.53. The van der Waals surface area contributed by atoms with Crippen LogP contribution in [0, 0.1) is 5.41 Å². The van der Waals surface area contributed by atoms with Crippen molar-refractivity contribution in [1.29, 1.82) is 0 Å². The van der Waals surface area contributed by atoms with Gasteiger partial charge in [0.2, 0.25) is 5.91 Å². The van der Waals surface area contributed by atoms with E-state index >= 15 is 0 Å². The van der Waals surface area contributed by atoms with Crippen molar-refractivity contribution in [2.75, 3.05) is 5.88 Å². The second-order valence-corrected chi connectivity index (χ2v) is 6.11. The van der Waals surface area contributed by atoms with Crippen LogP contribution in [0.1, 0.15) is 45.2 Å². The molecule has 0 radical (unpaired) electrons. The maximum Gasteiger partial charge on any atom is 0.221 e. The van der Waals surface area contributed by atoms with Gasteiger partial charge in [-0.15, -0.1) is 11.6 Å². The standard InChI is InChI=1S/C15H22ClNO/c1-15(2,3)11-13(17-14(18)9-10-16)12-7-5-4-6-8-12/h4-8,13H,9-11H2,1-3H3,(H,17,18). The Morgan fingerprint density at radius 3 is 2.39 bits per heavy atom. The van der Waals surface area contributed by atoms with Gasteiger partial charge in [-0.05, 0) is 17.4 Å². The highest BCUT2D eigenvalue weighted by Crippen LogP contribution is 2.29. The molecule has 1 aromatic rings. The Morgan fingerprint density at radius 1 is 1.28 bits per heavy atom. The summed E-state index contributed by atoms with van der Waals surface area (Å²) in [5.74, 6) is 0.381. The minimum absolute atomic E-state index is 0.0168. The van der Waals surface area contributed by atoms with Crippen LogP contribution in [0.15, 0.2) is 30.3 Å². The van der Waals surface area contributed by atoms with E-state index in [1.165, 1.54) is 0 Å². The molecule has 100 valence electrons. The summed E-state index contributed by atoms with van der Waals surface area (Å²) < 4.78 is 0. The van der Waals surface area contributed by atoms with Crippen molar-refractivity contribution in [2.45, 2.75) is 39.7 Å². The molecule has 0 aliphatic carbocycles. The van der Waals surface area contributed by atoms with Gasteiger partial charge in [-0.2, -0.15) is 0 Å². The maximum atomic E-state index is 11.7.